The van der Waals surface area contributed by atoms with Gasteiger partial charge in [-0.05, 0) is 31.6 Å². The first kappa shape index (κ1) is 16.8. The highest BCUT2D eigenvalue weighted by molar-refractivity contribution is 9.09. The molecule has 2 aliphatic carbocycles. The summed E-state index contributed by atoms with van der Waals surface area (Å²) in [6.07, 6.45) is 15.5. The first-order valence-corrected chi connectivity index (χ1v) is 9.90. The summed E-state index contributed by atoms with van der Waals surface area (Å²) < 4.78 is 6.42. The van der Waals surface area contributed by atoms with E-state index < -0.39 is 0 Å². The lowest BCUT2D eigenvalue weighted by Crippen LogP contribution is -2.55. The molecule has 2 aliphatic rings. The van der Waals surface area contributed by atoms with Crippen molar-refractivity contribution >= 4 is 15.9 Å². The van der Waals surface area contributed by atoms with Gasteiger partial charge >= 0.3 is 0 Å². The Morgan fingerprint density at radius 3 is 2.40 bits per heavy atom. The van der Waals surface area contributed by atoms with Crippen LogP contribution in [0.5, 0.6) is 0 Å². The van der Waals surface area contributed by atoms with Crippen LogP contribution >= 0.6 is 15.9 Å². The summed E-state index contributed by atoms with van der Waals surface area (Å²) in [6, 6.07) is 0. The van der Waals surface area contributed by atoms with E-state index in [1.54, 1.807) is 0 Å². The molecule has 1 spiro atoms. The van der Waals surface area contributed by atoms with E-state index in [1.165, 1.54) is 70.6 Å². The normalized spacial score (nSPS) is 30.8. The maximum Gasteiger partial charge on any atom is 0.0653 e. The van der Waals surface area contributed by atoms with Crippen LogP contribution in [0.15, 0.2) is 0 Å². The van der Waals surface area contributed by atoms with E-state index in [1.807, 2.05) is 0 Å². The van der Waals surface area contributed by atoms with Crippen LogP contribution in [0.4, 0.5) is 0 Å². The van der Waals surface area contributed by atoms with Gasteiger partial charge in [0.1, 0.15) is 0 Å². The molecule has 0 amide bonds. The summed E-state index contributed by atoms with van der Waals surface area (Å²) >= 11 is 3.94. The molecule has 1 nitrogen and oxygen atoms in total. The molecule has 20 heavy (non-hydrogen) atoms. The standard InChI is InChI=1S/C18H33BrO/c1-3-5-10-15(4-2)14-20-17-13-16(19)18(17)11-8-6-7-9-12-18/h15-17H,3-14H2,1-2H3. The molecule has 3 unspecified atom stereocenters. The molecule has 0 aromatic rings. The van der Waals surface area contributed by atoms with Gasteiger partial charge < -0.3 is 4.74 Å². The van der Waals surface area contributed by atoms with E-state index >= 15 is 0 Å². The fraction of sp³-hybridized carbons (Fsp3) is 1.00. The molecule has 2 saturated carbocycles. The molecule has 2 fully saturated rings. The van der Waals surface area contributed by atoms with Crippen LogP contribution in [0.3, 0.4) is 0 Å². The second-order valence-corrected chi connectivity index (χ2v) is 8.19. The fourth-order valence-electron chi connectivity index (χ4n) is 4.10. The van der Waals surface area contributed by atoms with Gasteiger partial charge in [-0.2, -0.15) is 0 Å². The van der Waals surface area contributed by atoms with Crippen LogP contribution in [0, 0.1) is 11.3 Å². The third-order valence-corrected chi connectivity index (χ3v) is 7.08. The summed E-state index contributed by atoms with van der Waals surface area (Å²) in [6.45, 7) is 5.61. The zero-order valence-electron chi connectivity index (χ0n) is 13.5. The minimum Gasteiger partial charge on any atom is -0.377 e. The quantitative estimate of drug-likeness (QED) is 0.507. The van der Waals surface area contributed by atoms with Crippen molar-refractivity contribution in [3.63, 3.8) is 0 Å². The Balaban J connectivity index is 1.82. The van der Waals surface area contributed by atoms with Crippen molar-refractivity contribution in [2.24, 2.45) is 11.3 Å². The van der Waals surface area contributed by atoms with E-state index in [4.69, 9.17) is 4.74 Å². The van der Waals surface area contributed by atoms with E-state index in [0.717, 1.165) is 12.5 Å². The van der Waals surface area contributed by atoms with Crippen molar-refractivity contribution in [1.29, 1.82) is 0 Å². The molecule has 0 bridgehead atoms. The van der Waals surface area contributed by atoms with Crippen LogP contribution in [0.25, 0.3) is 0 Å². The maximum atomic E-state index is 6.42. The Labute approximate surface area is 134 Å². The molecule has 0 heterocycles. The van der Waals surface area contributed by atoms with Crippen LogP contribution in [0.2, 0.25) is 0 Å². The van der Waals surface area contributed by atoms with E-state index in [2.05, 4.69) is 29.8 Å². The Morgan fingerprint density at radius 2 is 1.85 bits per heavy atom. The summed E-state index contributed by atoms with van der Waals surface area (Å²) in [4.78, 5) is 0.716. The highest BCUT2D eigenvalue weighted by Gasteiger charge is 2.54. The minimum atomic E-state index is 0.486. The SMILES string of the molecule is CCCCC(CC)COC1CC(Br)C12CCCCCC2. The Bertz CT molecular complexity index is 271. The number of rotatable bonds is 7. The minimum absolute atomic E-state index is 0.486. The number of halogens is 1. The Hall–Kier alpha value is 0.440. The van der Waals surface area contributed by atoms with Crippen molar-refractivity contribution in [3.8, 4) is 0 Å². The summed E-state index contributed by atoms with van der Waals surface area (Å²) in [7, 11) is 0. The van der Waals surface area contributed by atoms with Crippen molar-refractivity contribution in [1.82, 2.24) is 0 Å². The van der Waals surface area contributed by atoms with Crippen LogP contribution in [0.1, 0.15) is 84.5 Å². The van der Waals surface area contributed by atoms with Crippen LogP contribution < -0.4 is 0 Å². The number of hydrogen-bond acceptors (Lipinski definition) is 1. The molecule has 0 aromatic carbocycles. The van der Waals surface area contributed by atoms with Gasteiger partial charge in [-0.3, -0.25) is 0 Å². The molecule has 2 rings (SSSR count). The number of alkyl halides is 1. The predicted octanol–water partition coefficient (Wildman–Crippen LogP) is 6.10. The third kappa shape index (κ3) is 3.80. The number of ether oxygens (including phenoxy) is 1. The zero-order chi connectivity index (χ0) is 14.4. The third-order valence-electron chi connectivity index (χ3n) is 5.80. The van der Waals surface area contributed by atoms with Gasteiger partial charge in [0.2, 0.25) is 0 Å². The van der Waals surface area contributed by atoms with Gasteiger partial charge in [0.25, 0.3) is 0 Å². The van der Waals surface area contributed by atoms with Gasteiger partial charge in [0, 0.05) is 16.8 Å². The lowest BCUT2D eigenvalue weighted by Gasteiger charge is -2.54. The molecule has 0 aromatic heterocycles. The molecular weight excluding hydrogens is 312 g/mol. The van der Waals surface area contributed by atoms with Gasteiger partial charge in [0.15, 0.2) is 0 Å². The second-order valence-electron chi connectivity index (χ2n) is 7.09. The molecule has 2 heteroatoms. The molecule has 3 atom stereocenters. The fourth-order valence-corrected chi connectivity index (χ4v) is 5.20. The van der Waals surface area contributed by atoms with E-state index in [0.29, 0.717) is 16.3 Å². The molecule has 0 saturated heterocycles. The van der Waals surface area contributed by atoms with Gasteiger partial charge in [-0.15, -0.1) is 0 Å². The topological polar surface area (TPSA) is 9.23 Å². The molecular formula is C18H33BrO. The second kappa shape index (κ2) is 8.17. The largest absolute Gasteiger partial charge is 0.377 e. The van der Waals surface area contributed by atoms with Crippen molar-refractivity contribution in [3.05, 3.63) is 0 Å². The molecule has 118 valence electrons. The van der Waals surface area contributed by atoms with Gasteiger partial charge in [-0.25, -0.2) is 0 Å². The molecule has 0 radical (unpaired) electrons. The van der Waals surface area contributed by atoms with E-state index in [9.17, 15) is 0 Å². The molecule has 0 aliphatic heterocycles. The monoisotopic (exact) mass is 344 g/mol. The maximum absolute atomic E-state index is 6.42. The average Bonchev–Trinajstić information content (AvgIpc) is 2.74. The predicted molar refractivity (Wildman–Crippen MR) is 90.5 cm³/mol. The summed E-state index contributed by atoms with van der Waals surface area (Å²) in [5.74, 6) is 0.784. The van der Waals surface area contributed by atoms with Crippen molar-refractivity contribution < 1.29 is 4.74 Å². The summed E-state index contributed by atoms with van der Waals surface area (Å²) in [5, 5.41) is 0. The zero-order valence-corrected chi connectivity index (χ0v) is 15.1. The van der Waals surface area contributed by atoms with E-state index in [-0.39, 0.29) is 0 Å². The smallest absolute Gasteiger partial charge is 0.0653 e. The average molecular weight is 345 g/mol. The van der Waals surface area contributed by atoms with Crippen molar-refractivity contribution in [2.75, 3.05) is 6.61 Å². The van der Waals surface area contributed by atoms with Gasteiger partial charge in [0.05, 0.1) is 6.10 Å². The lowest BCUT2D eigenvalue weighted by molar-refractivity contribution is -0.120. The highest BCUT2D eigenvalue weighted by Crippen LogP contribution is 2.55. The first-order valence-electron chi connectivity index (χ1n) is 8.98. The highest BCUT2D eigenvalue weighted by atomic mass is 79.9. The van der Waals surface area contributed by atoms with Crippen LogP contribution in [-0.4, -0.2) is 17.5 Å². The molecule has 0 N–H and O–H groups in total. The Kier molecular flexibility index (Phi) is 6.87. The number of unbranched alkanes of at least 4 members (excludes halogenated alkanes) is 1. The lowest BCUT2D eigenvalue weighted by atomic mass is 9.61. The Morgan fingerprint density at radius 1 is 1.15 bits per heavy atom. The first-order chi connectivity index (χ1) is 9.73. The summed E-state index contributed by atoms with van der Waals surface area (Å²) in [5.41, 5.74) is 0.486. The number of hydrogen-bond donors (Lipinski definition) is 0. The van der Waals surface area contributed by atoms with Crippen LogP contribution in [-0.2, 0) is 4.74 Å². The van der Waals surface area contributed by atoms with Gasteiger partial charge in [-0.1, -0.05) is 74.7 Å². The van der Waals surface area contributed by atoms with Crippen molar-refractivity contribution in [2.45, 2.75) is 95.4 Å².